The van der Waals surface area contributed by atoms with Gasteiger partial charge in [-0.15, -0.1) is 0 Å². The number of hydrogen-bond acceptors (Lipinski definition) is 5. The van der Waals surface area contributed by atoms with E-state index in [1.54, 1.807) is 6.92 Å². The lowest BCUT2D eigenvalue weighted by Crippen LogP contribution is -2.05. The van der Waals surface area contributed by atoms with Gasteiger partial charge >= 0.3 is 5.97 Å². The lowest BCUT2D eigenvalue weighted by molar-refractivity contribution is 0.0516. The fourth-order valence-corrected chi connectivity index (χ4v) is 1.67. The van der Waals surface area contributed by atoms with Crippen LogP contribution in [0, 0.1) is 0 Å². The van der Waals surface area contributed by atoms with E-state index in [9.17, 15) is 4.79 Å². The number of pyridine rings is 1. The molecule has 0 atom stereocenters. The lowest BCUT2D eigenvalue weighted by Gasteiger charge is -1.97. The van der Waals surface area contributed by atoms with Gasteiger partial charge in [0.25, 0.3) is 0 Å². The number of hydrogen-bond donors (Lipinski definition) is 0. The van der Waals surface area contributed by atoms with Gasteiger partial charge in [-0.3, -0.25) is 0 Å². The molecule has 84 valence electrons. The van der Waals surface area contributed by atoms with Gasteiger partial charge in [0.05, 0.1) is 11.6 Å². The Bertz CT molecular complexity index is 553. The Labute approximate surface area is 100 Å². The van der Waals surface area contributed by atoms with Crippen molar-refractivity contribution in [2.75, 3.05) is 6.61 Å². The number of esters is 1. The minimum Gasteiger partial charge on any atom is -0.461 e. The van der Waals surface area contributed by atoms with Crippen LogP contribution in [0.1, 0.15) is 17.4 Å². The summed E-state index contributed by atoms with van der Waals surface area (Å²) in [6.45, 7) is 1.93. The largest absolute Gasteiger partial charge is 0.461 e. The summed E-state index contributed by atoms with van der Waals surface area (Å²) in [6, 6.07) is 1.41. The highest BCUT2D eigenvalue weighted by Gasteiger charge is 2.20. The average molecular weight is 261 g/mol. The molecule has 2 rings (SSSR count). The first-order valence-electron chi connectivity index (χ1n) is 4.42. The maximum atomic E-state index is 11.5. The first kappa shape index (κ1) is 11.2. The second-order valence-electron chi connectivity index (χ2n) is 2.86. The van der Waals surface area contributed by atoms with E-state index in [2.05, 4.69) is 10.1 Å². The van der Waals surface area contributed by atoms with Crippen molar-refractivity contribution in [3.63, 3.8) is 0 Å². The third-order valence-electron chi connectivity index (χ3n) is 1.82. The lowest BCUT2D eigenvalue weighted by atomic mass is 10.3. The molecule has 0 saturated carbocycles. The molecule has 0 amide bonds. The fraction of sp³-hybridized carbons (Fsp3) is 0.222. The van der Waals surface area contributed by atoms with E-state index in [4.69, 9.17) is 32.5 Å². The molecule has 0 aromatic carbocycles. The molecule has 2 heterocycles. The summed E-state index contributed by atoms with van der Waals surface area (Å²) in [5.41, 5.74) is 0.395. The molecule has 0 fully saturated rings. The quantitative estimate of drug-likeness (QED) is 0.614. The van der Waals surface area contributed by atoms with E-state index in [-0.39, 0.29) is 33.6 Å². The minimum atomic E-state index is -0.618. The van der Waals surface area contributed by atoms with Crippen LogP contribution in [0.2, 0.25) is 10.2 Å². The van der Waals surface area contributed by atoms with Crippen molar-refractivity contribution in [1.29, 1.82) is 0 Å². The highest BCUT2D eigenvalue weighted by atomic mass is 35.5. The molecule has 0 N–H and O–H groups in total. The smallest absolute Gasteiger partial charge is 0.362 e. The molecule has 2 aromatic heterocycles. The predicted octanol–water partition coefficient (Wildman–Crippen LogP) is 2.71. The molecule has 2 aromatic rings. The van der Waals surface area contributed by atoms with Crippen molar-refractivity contribution in [2.24, 2.45) is 0 Å². The van der Waals surface area contributed by atoms with Gasteiger partial charge in [-0.2, -0.15) is 0 Å². The molecule has 0 bridgehead atoms. The Morgan fingerprint density at radius 1 is 1.56 bits per heavy atom. The topological polar surface area (TPSA) is 65.2 Å². The molecular weight excluding hydrogens is 255 g/mol. The normalized spacial score (nSPS) is 10.7. The van der Waals surface area contributed by atoms with Gasteiger partial charge < -0.3 is 9.26 Å². The van der Waals surface area contributed by atoms with Gasteiger partial charge in [0.15, 0.2) is 0 Å². The molecule has 0 aliphatic rings. The Balaban J connectivity index is 2.60. The van der Waals surface area contributed by atoms with Crippen LogP contribution in [-0.4, -0.2) is 22.7 Å². The molecule has 0 radical (unpaired) electrons. The Morgan fingerprint density at radius 3 is 3.00 bits per heavy atom. The summed E-state index contributed by atoms with van der Waals surface area (Å²) in [5, 5.41) is 3.97. The highest BCUT2D eigenvalue weighted by Crippen LogP contribution is 2.27. The zero-order valence-corrected chi connectivity index (χ0v) is 9.67. The zero-order valence-electron chi connectivity index (χ0n) is 8.16. The van der Waals surface area contributed by atoms with Crippen molar-refractivity contribution in [2.45, 2.75) is 6.92 Å². The molecular formula is C9H6Cl2N2O3. The van der Waals surface area contributed by atoms with Crippen LogP contribution in [0.3, 0.4) is 0 Å². The number of carbonyl (C=O) groups is 1. The number of ether oxygens (including phenoxy) is 1. The van der Waals surface area contributed by atoms with Crippen molar-refractivity contribution < 1.29 is 14.1 Å². The van der Waals surface area contributed by atoms with Crippen LogP contribution in [0.25, 0.3) is 11.1 Å². The second-order valence-corrected chi connectivity index (χ2v) is 3.65. The Kier molecular flexibility index (Phi) is 2.98. The standard InChI is InChI=1S/C9H6Cl2N2O3/c1-2-15-9(14)7-6-8(16-13-7)4(10)3-5(11)12-6/h3H,2H2,1H3. The van der Waals surface area contributed by atoms with E-state index < -0.39 is 5.97 Å². The third kappa shape index (κ3) is 1.83. The molecule has 16 heavy (non-hydrogen) atoms. The van der Waals surface area contributed by atoms with Crippen LogP contribution in [-0.2, 0) is 4.74 Å². The maximum absolute atomic E-state index is 11.5. The summed E-state index contributed by atoms with van der Waals surface area (Å²) in [7, 11) is 0. The van der Waals surface area contributed by atoms with Gasteiger partial charge in [-0.1, -0.05) is 28.4 Å². The maximum Gasteiger partial charge on any atom is 0.362 e. The van der Waals surface area contributed by atoms with Crippen molar-refractivity contribution in [1.82, 2.24) is 10.1 Å². The molecule has 0 spiro atoms. The molecule has 5 nitrogen and oxygen atoms in total. The summed E-state index contributed by atoms with van der Waals surface area (Å²) < 4.78 is 9.68. The van der Waals surface area contributed by atoms with Crippen LogP contribution < -0.4 is 0 Å². The Hall–Kier alpha value is -1.33. The molecule has 0 saturated heterocycles. The summed E-state index contributed by atoms with van der Waals surface area (Å²) >= 11 is 11.6. The van der Waals surface area contributed by atoms with Crippen molar-refractivity contribution in [3.8, 4) is 0 Å². The molecule has 0 aliphatic carbocycles. The fourth-order valence-electron chi connectivity index (χ4n) is 1.19. The summed E-state index contributed by atoms with van der Waals surface area (Å²) in [5.74, 6) is -0.618. The van der Waals surface area contributed by atoms with Gasteiger partial charge in [-0.25, -0.2) is 9.78 Å². The van der Waals surface area contributed by atoms with Crippen LogP contribution >= 0.6 is 23.2 Å². The second kappa shape index (κ2) is 4.27. The third-order valence-corrected chi connectivity index (χ3v) is 2.29. The first-order chi connectivity index (χ1) is 7.63. The predicted molar refractivity (Wildman–Crippen MR) is 57.8 cm³/mol. The number of aromatic nitrogens is 2. The van der Waals surface area contributed by atoms with E-state index >= 15 is 0 Å². The van der Waals surface area contributed by atoms with Crippen LogP contribution in [0.15, 0.2) is 10.6 Å². The van der Waals surface area contributed by atoms with Gasteiger partial charge in [0.2, 0.25) is 11.3 Å². The number of halogens is 2. The summed E-state index contributed by atoms with van der Waals surface area (Å²) in [6.07, 6.45) is 0. The van der Waals surface area contributed by atoms with Gasteiger partial charge in [0.1, 0.15) is 10.7 Å². The number of carbonyl (C=O) groups excluding carboxylic acids is 1. The SMILES string of the molecule is CCOC(=O)c1noc2c(Cl)cc(Cl)nc12. The van der Waals surface area contributed by atoms with E-state index in [0.29, 0.717) is 0 Å². The highest BCUT2D eigenvalue weighted by molar-refractivity contribution is 6.37. The average Bonchev–Trinajstić information content (AvgIpc) is 2.61. The molecule has 0 unspecified atom stereocenters. The molecule has 7 heteroatoms. The van der Waals surface area contributed by atoms with E-state index in [1.165, 1.54) is 6.07 Å². The number of rotatable bonds is 2. The Morgan fingerprint density at radius 2 is 2.31 bits per heavy atom. The van der Waals surface area contributed by atoms with Crippen LogP contribution in [0.4, 0.5) is 0 Å². The van der Waals surface area contributed by atoms with Crippen molar-refractivity contribution >= 4 is 40.3 Å². The minimum absolute atomic E-state index is 0.0266. The van der Waals surface area contributed by atoms with E-state index in [1.807, 2.05) is 0 Å². The zero-order chi connectivity index (χ0) is 11.7. The molecule has 0 aliphatic heterocycles. The number of nitrogens with zero attached hydrogens (tertiary/aromatic N) is 2. The van der Waals surface area contributed by atoms with Gasteiger partial charge in [-0.05, 0) is 13.0 Å². The monoisotopic (exact) mass is 260 g/mol. The summed E-state index contributed by atoms with van der Waals surface area (Å²) in [4.78, 5) is 15.4. The first-order valence-corrected chi connectivity index (χ1v) is 5.17. The van der Waals surface area contributed by atoms with E-state index in [0.717, 1.165) is 0 Å². The van der Waals surface area contributed by atoms with Crippen LogP contribution in [0.5, 0.6) is 0 Å². The van der Waals surface area contributed by atoms with Gasteiger partial charge in [0, 0.05) is 0 Å². The number of fused-ring (bicyclic) bond motifs is 1. The van der Waals surface area contributed by atoms with Crippen molar-refractivity contribution in [3.05, 3.63) is 21.9 Å².